The zero-order valence-electron chi connectivity index (χ0n) is 24.0. The monoisotopic (exact) mass is 562 g/mol. The maximum absolute atomic E-state index is 12.9. The van der Waals surface area contributed by atoms with Gasteiger partial charge in [-0.25, -0.2) is 18.9 Å². The fourth-order valence-electron chi connectivity index (χ4n) is 3.35. The number of ether oxygens (including phenoxy) is 1. The summed E-state index contributed by atoms with van der Waals surface area (Å²) in [6.07, 6.45) is 7.64. The van der Waals surface area contributed by atoms with Crippen LogP contribution in [-0.4, -0.2) is 78.8 Å². The van der Waals surface area contributed by atoms with Gasteiger partial charge in [-0.3, -0.25) is 19.4 Å². The summed E-state index contributed by atoms with van der Waals surface area (Å²) in [7, 11) is 0.222. The number of fused-ring (bicyclic) bond motifs is 1. The molecule has 0 bridgehead atoms. The topological polar surface area (TPSA) is 131 Å². The highest BCUT2D eigenvalue weighted by atomic mass is 32.2. The van der Waals surface area contributed by atoms with Gasteiger partial charge >= 0.3 is 0 Å². The Kier molecular flexibility index (Phi) is 13.4. The highest BCUT2D eigenvalue weighted by molar-refractivity contribution is 7.92. The molecule has 0 unspecified atom stereocenters. The average molecular weight is 563 g/mol. The lowest BCUT2D eigenvalue weighted by molar-refractivity contribution is -0.131. The highest BCUT2D eigenvalue weighted by Crippen LogP contribution is 2.23. The molecule has 1 heterocycles. The van der Waals surface area contributed by atoms with Crippen molar-refractivity contribution in [1.29, 1.82) is 0 Å². The third kappa shape index (κ3) is 9.85. The van der Waals surface area contributed by atoms with Crippen molar-refractivity contribution in [3.8, 4) is 0 Å². The molecule has 0 aliphatic rings. The van der Waals surface area contributed by atoms with E-state index in [1.54, 1.807) is 24.3 Å². The van der Waals surface area contributed by atoms with Crippen LogP contribution in [0, 0.1) is 0 Å². The normalized spacial score (nSPS) is 13.3. The van der Waals surface area contributed by atoms with Gasteiger partial charge in [0.05, 0.1) is 23.8 Å². The number of rotatable bonds is 12. The van der Waals surface area contributed by atoms with Crippen LogP contribution in [0.2, 0.25) is 0 Å². The number of allylic oxidation sites excluding steroid dienone is 5. The number of nitrogens with zero attached hydrogens (tertiary/aromatic N) is 3. The van der Waals surface area contributed by atoms with Gasteiger partial charge in [0.15, 0.2) is 14.6 Å². The van der Waals surface area contributed by atoms with Crippen molar-refractivity contribution in [3.05, 3.63) is 70.8 Å². The van der Waals surface area contributed by atoms with Crippen LogP contribution in [-0.2, 0) is 25.9 Å². The van der Waals surface area contributed by atoms with Crippen LogP contribution in [0.25, 0.3) is 16.5 Å². The number of aromatic nitrogens is 2. The molecule has 0 aliphatic carbocycles. The molecule has 1 amide bonds. The van der Waals surface area contributed by atoms with E-state index in [9.17, 15) is 18.0 Å². The van der Waals surface area contributed by atoms with Crippen LogP contribution in [0.3, 0.4) is 0 Å². The van der Waals surface area contributed by atoms with Gasteiger partial charge in [-0.2, -0.15) is 0 Å². The fourth-order valence-corrected chi connectivity index (χ4v) is 4.19. The van der Waals surface area contributed by atoms with E-state index in [-0.39, 0.29) is 18.5 Å². The molecule has 0 spiro atoms. The van der Waals surface area contributed by atoms with Crippen LogP contribution in [0.4, 0.5) is 0 Å². The van der Waals surface area contributed by atoms with Gasteiger partial charge in [-0.1, -0.05) is 36.4 Å². The molecule has 10 nitrogen and oxygen atoms in total. The fraction of sp³-hybridized carbons (Fsp3) is 0.464. The first kappa shape index (κ1) is 33.9. The minimum Gasteiger partial charge on any atom is -0.380 e. The molecule has 2 aromatic rings. The summed E-state index contributed by atoms with van der Waals surface area (Å²) in [5.74, 6) is -1.05. The quantitative estimate of drug-likeness (QED) is 0.175. The Morgan fingerprint density at radius 3 is 2.46 bits per heavy atom. The Labute approximate surface area is 231 Å². The van der Waals surface area contributed by atoms with Crippen molar-refractivity contribution >= 4 is 32.2 Å². The van der Waals surface area contributed by atoms with Crippen LogP contribution < -0.4 is 11.0 Å². The molecule has 2 rings (SSSR count). The third-order valence-corrected chi connectivity index (χ3v) is 8.12. The van der Waals surface area contributed by atoms with Crippen LogP contribution >= 0.6 is 0 Å². The predicted molar refractivity (Wildman–Crippen MR) is 156 cm³/mol. The standard InChI is InChI=1S/C22H27N3O5S.C6H15NO/c1-6-16(8-7-15(2)3)17-9-10-18-19(13-17)23-14-25(20(18)26)12-11-22(4,21(27)24-28)31(5,29)30;1-4-8-6-5-7(2)3/h6-10,13-14,28H,1,11-12H2,2-5H3,(H,24,27);4-6H2,1-3H3/b16-8+;/t22-;/m1./s1. The lowest BCUT2D eigenvalue weighted by atomic mass is 10.0. The summed E-state index contributed by atoms with van der Waals surface area (Å²) < 4.78 is 28.7. The molecule has 0 saturated carbocycles. The Morgan fingerprint density at radius 1 is 1.28 bits per heavy atom. The number of carbonyl (C=O) groups is 1. The first-order chi connectivity index (χ1) is 18.2. The Bertz CT molecular complexity index is 1360. The number of amides is 1. The van der Waals surface area contributed by atoms with Crippen molar-refractivity contribution in [2.45, 2.75) is 45.4 Å². The van der Waals surface area contributed by atoms with E-state index in [4.69, 9.17) is 9.94 Å². The summed E-state index contributed by atoms with van der Waals surface area (Å²) in [5.41, 5.74) is 4.40. The summed E-state index contributed by atoms with van der Waals surface area (Å²) in [6, 6.07) is 5.24. The number of hydrogen-bond acceptors (Lipinski definition) is 8. The van der Waals surface area contributed by atoms with Crippen molar-refractivity contribution < 1.29 is 23.2 Å². The average Bonchev–Trinajstić information content (AvgIpc) is 2.87. The molecule has 216 valence electrons. The molecule has 1 aromatic heterocycles. The molecular weight excluding hydrogens is 520 g/mol. The number of benzene rings is 1. The number of aryl methyl sites for hydroxylation is 1. The van der Waals surface area contributed by atoms with E-state index in [0.29, 0.717) is 10.9 Å². The van der Waals surface area contributed by atoms with Gasteiger partial charge in [0.1, 0.15) is 0 Å². The number of carbonyl (C=O) groups excluding carboxylic acids is 1. The second-order valence-corrected chi connectivity index (χ2v) is 12.2. The van der Waals surface area contributed by atoms with Gasteiger partial charge in [-0.15, -0.1) is 0 Å². The minimum atomic E-state index is -3.86. The van der Waals surface area contributed by atoms with Gasteiger partial charge in [0, 0.05) is 26.0 Å². The molecule has 1 aromatic carbocycles. The molecule has 0 radical (unpaired) electrons. The molecule has 1 atom stereocenters. The largest absolute Gasteiger partial charge is 0.380 e. The SMILES string of the molecule is C=C/C(=C\C=C(C)C)c1ccc2c(=O)n(CC[C@](C)(C(=O)NO)S(C)(=O)=O)cnc2c1.CCOCCN(C)C. The third-order valence-electron chi connectivity index (χ3n) is 6.09. The van der Waals surface area contributed by atoms with E-state index >= 15 is 0 Å². The zero-order valence-corrected chi connectivity index (χ0v) is 24.8. The van der Waals surface area contributed by atoms with E-state index in [1.807, 2.05) is 47.0 Å². The first-order valence-corrected chi connectivity index (χ1v) is 14.4. The van der Waals surface area contributed by atoms with Gasteiger partial charge in [0.25, 0.3) is 11.5 Å². The van der Waals surface area contributed by atoms with Crippen molar-refractivity contribution in [2.24, 2.45) is 0 Å². The molecule has 2 N–H and O–H groups in total. The molecule has 0 aliphatic heterocycles. The zero-order chi connectivity index (χ0) is 29.8. The molecule has 39 heavy (non-hydrogen) atoms. The second-order valence-electron chi connectivity index (χ2n) is 9.74. The predicted octanol–water partition coefficient (Wildman–Crippen LogP) is 3.22. The minimum absolute atomic E-state index is 0.0705. The maximum Gasteiger partial charge on any atom is 0.264 e. The molecule has 0 saturated heterocycles. The molecule has 0 fully saturated rings. The van der Waals surface area contributed by atoms with Gasteiger partial charge < -0.3 is 9.64 Å². The summed E-state index contributed by atoms with van der Waals surface area (Å²) in [5, 5.41) is 9.29. The number of sulfone groups is 1. The van der Waals surface area contributed by atoms with Crippen molar-refractivity contribution in [3.63, 3.8) is 0 Å². The van der Waals surface area contributed by atoms with Gasteiger partial charge in [-0.05, 0) is 71.5 Å². The number of nitrogens with one attached hydrogen (secondary N) is 1. The van der Waals surface area contributed by atoms with Gasteiger partial charge in [0.2, 0.25) is 0 Å². The number of hydrogen-bond donors (Lipinski definition) is 2. The lowest BCUT2D eigenvalue weighted by Crippen LogP contribution is -2.50. The van der Waals surface area contributed by atoms with Crippen LogP contribution in [0.5, 0.6) is 0 Å². The van der Waals surface area contributed by atoms with E-state index in [0.717, 1.165) is 42.7 Å². The Balaban J connectivity index is 0.000000824. The van der Waals surface area contributed by atoms with Crippen LogP contribution in [0.15, 0.2) is 59.7 Å². The summed E-state index contributed by atoms with van der Waals surface area (Å²) in [6.45, 7) is 13.6. The van der Waals surface area contributed by atoms with E-state index < -0.39 is 20.5 Å². The lowest BCUT2D eigenvalue weighted by Gasteiger charge is -2.25. The smallest absolute Gasteiger partial charge is 0.264 e. The number of likely N-dealkylation sites (N-methyl/N-ethyl adjacent to an activating group) is 1. The van der Waals surface area contributed by atoms with Crippen molar-refractivity contribution in [2.75, 3.05) is 40.1 Å². The second kappa shape index (κ2) is 15.5. The number of hydroxylamine groups is 1. The Hall–Kier alpha value is -3.12. The van der Waals surface area contributed by atoms with Crippen LogP contribution in [0.1, 0.15) is 39.7 Å². The highest BCUT2D eigenvalue weighted by Gasteiger charge is 2.43. The summed E-state index contributed by atoms with van der Waals surface area (Å²) in [4.78, 5) is 31.3. The first-order valence-electron chi connectivity index (χ1n) is 12.6. The van der Waals surface area contributed by atoms with E-state index in [1.165, 1.54) is 23.3 Å². The summed E-state index contributed by atoms with van der Waals surface area (Å²) >= 11 is 0. The Morgan fingerprint density at radius 2 is 1.95 bits per heavy atom. The molecular formula is C28H42N4O6S. The van der Waals surface area contributed by atoms with E-state index in [2.05, 4.69) is 16.5 Å². The van der Waals surface area contributed by atoms with Crippen molar-refractivity contribution in [1.82, 2.24) is 19.9 Å². The molecule has 11 heteroatoms. The maximum atomic E-state index is 12.9.